The number of nitro groups is 1. The monoisotopic (exact) mass is 386 g/mol. The number of amides is 2. The van der Waals surface area contributed by atoms with Gasteiger partial charge in [0.15, 0.2) is 0 Å². The molecule has 0 atom stereocenters. The molecule has 0 spiro atoms. The molecule has 1 heterocycles. The van der Waals surface area contributed by atoms with Crippen molar-refractivity contribution < 1.29 is 19.2 Å². The second kappa shape index (κ2) is 10.7. The maximum absolute atomic E-state index is 12.4. The molecule has 1 fully saturated rings. The highest BCUT2D eigenvalue weighted by molar-refractivity contribution is 5.94. The van der Waals surface area contributed by atoms with Gasteiger partial charge in [-0.3, -0.25) is 19.7 Å². The molecular weight excluding hydrogens is 364 g/mol. The van der Waals surface area contributed by atoms with E-state index in [1.807, 2.05) is 0 Å². The van der Waals surface area contributed by atoms with E-state index in [1.165, 1.54) is 24.3 Å². The molecule has 1 aliphatic heterocycles. The van der Waals surface area contributed by atoms with E-state index in [1.54, 1.807) is 16.9 Å². The third-order valence-electron chi connectivity index (χ3n) is 4.00. The summed E-state index contributed by atoms with van der Waals surface area (Å²) in [6, 6.07) is 5.55. The molecule has 0 aliphatic carbocycles. The average molecular weight is 387 g/mol. The molecule has 10 heteroatoms. The van der Waals surface area contributed by atoms with E-state index in [2.05, 4.69) is 5.32 Å². The zero-order valence-electron chi connectivity index (χ0n) is 14.6. The Morgan fingerprint density at radius 3 is 2.27 bits per heavy atom. The molecule has 0 aromatic heterocycles. The number of non-ortho nitro benzene ring substituents is 1. The number of nitrogens with one attached hydrogen (secondary N) is 1. The summed E-state index contributed by atoms with van der Waals surface area (Å²) < 4.78 is 4.90. The Kier molecular flexibility index (Phi) is 8.97. The Morgan fingerprint density at radius 1 is 1.15 bits per heavy atom. The molecule has 2 rings (SSSR count). The van der Waals surface area contributed by atoms with Gasteiger partial charge in [0, 0.05) is 57.5 Å². The highest BCUT2D eigenvalue weighted by Crippen LogP contribution is 2.14. The Balaban J connectivity index is 0.00000338. The van der Waals surface area contributed by atoms with Crippen molar-refractivity contribution >= 4 is 29.9 Å². The minimum Gasteiger partial charge on any atom is -0.383 e. The molecule has 0 unspecified atom stereocenters. The first-order valence-electron chi connectivity index (χ1n) is 8.04. The van der Waals surface area contributed by atoms with Gasteiger partial charge in [0.05, 0.1) is 18.1 Å². The number of hydrogen-bond donors (Lipinski definition) is 1. The van der Waals surface area contributed by atoms with E-state index in [0.29, 0.717) is 44.9 Å². The van der Waals surface area contributed by atoms with Crippen LogP contribution in [0.4, 0.5) is 5.69 Å². The number of piperazine rings is 1. The van der Waals surface area contributed by atoms with Gasteiger partial charge in [-0.05, 0) is 12.1 Å². The van der Waals surface area contributed by atoms with Crippen LogP contribution < -0.4 is 5.32 Å². The fourth-order valence-electron chi connectivity index (χ4n) is 2.55. The van der Waals surface area contributed by atoms with E-state index in [4.69, 9.17) is 4.74 Å². The number of nitrogens with zero attached hydrogens (tertiary/aromatic N) is 3. The molecule has 1 aromatic rings. The molecule has 0 bridgehead atoms. The third kappa shape index (κ3) is 5.94. The number of carbonyl (C=O) groups excluding carboxylic acids is 2. The van der Waals surface area contributed by atoms with Gasteiger partial charge in [-0.15, -0.1) is 12.4 Å². The summed E-state index contributed by atoms with van der Waals surface area (Å²) in [5.41, 5.74) is 0.361. The van der Waals surface area contributed by atoms with Crippen molar-refractivity contribution in [3.05, 3.63) is 39.9 Å². The summed E-state index contributed by atoms with van der Waals surface area (Å²) in [7, 11) is 1.60. The van der Waals surface area contributed by atoms with E-state index < -0.39 is 4.92 Å². The molecular formula is C16H23ClN4O5. The quantitative estimate of drug-likeness (QED) is 0.416. The van der Waals surface area contributed by atoms with Crippen molar-refractivity contribution in [2.75, 3.05) is 53.0 Å². The lowest BCUT2D eigenvalue weighted by molar-refractivity contribution is -0.384. The zero-order valence-corrected chi connectivity index (χ0v) is 15.4. The predicted octanol–water partition coefficient (Wildman–Crippen LogP) is 0.537. The number of rotatable bonds is 7. The van der Waals surface area contributed by atoms with Gasteiger partial charge in [0.25, 0.3) is 11.6 Å². The van der Waals surface area contributed by atoms with Crippen molar-refractivity contribution in [2.45, 2.75) is 0 Å². The molecule has 1 aliphatic rings. The molecule has 0 radical (unpaired) electrons. The fourth-order valence-corrected chi connectivity index (χ4v) is 2.55. The van der Waals surface area contributed by atoms with Crippen LogP contribution in [0.3, 0.4) is 0 Å². The van der Waals surface area contributed by atoms with Crippen LogP contribution in [0.25, 0.3) is 0 Å². The van der Waals surface area contributed by atoms with Gasteiger partial charge >= 0.3 is 0 Å². The van der Waals surface area contributed by atoms with Gasteiger partial charge in [-0.1, -0.05) is 0 Å². The van der Waals surface area contributed by atoms with Crippen LogP contribution in [-0.4, -0.2) is 79.5 Å². The summed E-state index contributed by atoms with van der Waals surface area (Å²) in [6.07, 6.45) is 0. The van der Waals surface area contributed by atoms with Crippen LogP contribution in [-0.2, 0) is 9.53 Å². The van der Waals surface area contributed by atoms with Gasteiger partial charge in [-0.25, -0.2) is 0 Å². The molecule has 144 valence electrons. The van der Waals surface area contributed by atoms with Crippen LogP contribution in [0.1, 0.15) is 10.4 Å². The van der Waals surface area contributed by atoms with Crippen molar-refractivity contribution in [1.29, 1.82) is 0 Å². The highest BCUT2D eigenvalue weighted by atomic mass is 35.5. The first kappa shape index (κ1) is 21.8. The minimum atomic E-state index is -0.501. The minimum absolute atomic E-state index is 0. The van der Waals surface area contributed by atoms with E-state index in [0.717, 1.165) is 0 Å². The topological polar surface area (TPSA) is 105 Å². The van der Waals surface area contributed by atoms with Crippen molar-refractivity contribution in [3.63, 3.8) is 0 Å². The summed E-state index contributed by atoms with van der Waals surface area (Å²) in [5, 5.41) is 13.7. The molecule has 2 amide bonds. The van der Waals surface area contributed by atoms with Gasteiger partial charge in [-0.2, -0.15) is 0 Å². The SMILES string of the molecule is COCCNCC(=O)N1CCN(C(=O)c2ccc([N+](=O)[O-])cc2)CC1.Cl. The standard InChI is InChI=1S/C16H22N4O5.ClH/c1-25-11-6-17-12-15(21)18-7-9-19(10-8-18)16(22)13-2-4-14(5-3-13)20(23)24;/h2-5,17H,6-12H2,1H3;1H. The summed E-state index contributed by atoms with van der Waals surface area (Å²) in [5.74, 6) is -0.182. The molecule has 0 saturated carbocycles. The summed E-state index contributed by atoms with van der Waals surface area (Å²) in [6.45, 7) is 3.25. The lowest BCUT2D eigenvalue weighted by Crippen LogP contribution is -2.52. The van der Waals surface area contributed by atoms with Crippen molar-refractivity contribution in [1.82, 2.24) is 15.1 Å². The lowest BCUT2D eigenvalue weighted by Gasteiger charge is -2.35. The highest BCUT2D eigenvalue weighted by Gasteiger charge is 2.24. The maximum Gasteiger partial charge on any atom is 0.269 e. The Hall–Kier alpha value is -2.23. The third-order valence-corrected chi connectivity index (χ3v) is 4.00. The second-order valence-electron chi connectivity index (χ2n) is 5.65. The van der Waals surface area contributed by atoms with Gasteiger partial charge in [0.2, 0.25) is 5.91 Å². The fraction of sp³-hybridized carbons (Fsp3) is 0.500. The van der Waals surface area contributed by atoms with Crippen molar-refractivity contribution in [3.8, 4) is 0 Å². The normalized spacial score (nSPS) is 13.9. The summed E-state index contributed by atoms with van der Waals surface area (Å²) in [4.78, 5) is 38.0. The zero-order chi connectivity index (χ0) is 18.2. The smallest absolute Gasteiger partial charge is 0.269 e. The molecule has 26 heavy (non-hydrogen) atoms. The van der Waals surface area contributed by atoms with Crippen molar-refractivity contribution in [2.24, 2.45) is 0 Å². The number of nitro benzene ring substituents is 1. The van der Waals surface area contributed by atoms with E-state index in [9.17, 15) is 19.7 Å². The molecule has 9 nitrogen and oxygen atoms in total. The van der Waals surface area contributed by atoms with Crippen LogP contribution in [0, 0.1) is 10.1 Å². The Morgan fingerprint density at radius 2 is 1.73 bits per heavy atom. The van der Waals surface area contributed by atoms with E-state index in [-0.39, 0.29) is 36.5 Å². The van der Waals surface area contributed by atoms with Crippen LogP contribution >= 0.6 is 12.4 Å². The number of ether oxygens (including phenoxy) is 1. The average Bonchev–Trinajstić information content (AvgIpc) is 2.64. The molecule has 1 saturated heterocycles. The Bertz CT molecular complexity index is 618. The maximum atomic E-state index is 12.4. The second-order valence-corrected chi connectivity index (χ2v) is 5.65. The molecule has 1 N–H and O–H groups in total. The van der Waals surface area contributed by atoms with Crippen LogP contribution in [0.5, 0.6) is 0 Å². The first-order valence-corrected chi connectivity index (χ1v) is 8.04. The van der Waals surface area contributed by atoms with Gasteiger partial charge in [0.1, 0.15) is 0 Å². The first-order chi connectivity index (χ1) is 12.0. The number of methoxy groups -OCH3 is 1. The van der Waals surface area contributed by atoms with E-state index >= 15 is 0 Å². The molecule has 1 aromatic carbocycles. The number of hydrogen-bond acceptors (Lipinski definition) is 6. The van der Waals surface area contributed by atoms with Gasteiger partial charge < -0.3 is 19.9 Å². The lowest BCUT2D eigenvalue weighted by atomic mass is 10.1. The summed E-state index contributed by atoms with van der Waals surface area (Å²) >= 11 is 0. The number of halogens is 1. The predicted molar refractivity (Wildman–Crippen MR) is 97.6 cm³/mol. The number of benzene rings is 1. The number of carbonyl (C=O) groups is 2. The Labute approximate surface area is 157 Å². The van der Waals surface area contributed by atoms with Crippen LogP contribution in [0.15, 0.2) is 24.3 Å². The van der Waals surface area contributed by atoms with Crippen LogP contribution in [0.2, 0.25) is 0 Å². The largest absolute Gasteiger partial charge is 0.383 e.